The lowest BCUT2D eigenvalue weighted by Crippen LogP contribution is -1.89. The van der Waals surface area contributed by atoms with Gasteiger partial charge in [-0.2, -0.15) is 0 Å². The molecule has 2 aromatic heterocycles. The highest BCUT2D eigenvalue weighted by atomic mass is 19.1. The molecule has 0 radical (unpaired) electrons. The molecule has 0 saturated heterocycles. The van der Waals surface area contributed by atoms with E-state index in [1.54, 1.807) is 10.5 Å². The van der Waals surface area contributed by atoms with Crippen LogP contribution in [0.15, 0.2) is 46.8 Å². The number of aromatic nitrogens is 2. The topological polar surface area (TPSA) is 42.0 Å². The number of fused-ring (bicyclic) bond motifs is 1. The van der Waals surface area contributed by atoms with Crippen LogP contribution in [0.2, 0.25) is 0 Å². The Labute approximate surface area is 141 Å². The van der Waals surface area contributed by atoms with Gasteiger partial charge in [-0.3, -0.25) is 4.40 Å². The van der Waals surface area contributed by atoms with Gasteiger partial charge in [0.25, 0.3) is 0 Å². The number of benzene rings is 1. The first-order chi connectivity index (χ1) is 11.5. The second-order valence-electron chi connectivity index (χ2n) is 6.19. The first-order valence-electron chi connectivity index (χ1n) is 8.19. The number of pyridine rings is 1. The van der Waals surface area contributed by atoms with Gasteiger partial charge in [0.15, 0.2) is 5.82 Å². The van der Waals surface area contributed by atoms with Gasteiger partial charge in [-0.25, -0.2) is 9.37 Å². The van der Waals surface area contributed by atoms with Crippen LogP contribution in [0.25, 0.3) is 5.65 Å². The van der Waals surface area contributed by atoms with Gasteiger partial charge in [-0.15, -0.1) is 10.2 Å². The highest BCUT2D eigenvalue weighted by Crippen LogP contribution is 2.31. The van der Waals surface area contributed by atoms with E-state index in [4.69, 9.17) is 0 Å². The van der Waals surface area contributed by atoms with Crippen molar-refractivity contribution >= 4 is 17.2 Å². The van der Waals surface area contributed by atoms with E-state index in [-0.39, 0.29) is 11.7 Å². The van der Waals surface area contributed by atoms with Crippen LogP contribution < -0.4 is 0 Å². The number of nitrogens with zero attached hydrogens (tertiary/aromatic N) is 4. The van der Waals surface area contributed by atoms with Gasteiger partial charge in [0.2, 0.25) is 0 Å². The van der Waals surface area contributed by atoms with Crippen LogP contribution in [0.5, 0.6) is 0 Å². The summed E-state index contributed by atoms with van der Waals surface area (Å²) in [6, 6.07) is 9.16. The molecule has 0 fully saturated rings. The predicted octanol–water partition coefficient (Wildman–Crippen LogP) is 5.88. The number of imidazole rings is 1. The smallest absolute Gasteiger partial charge is 0.183 e. The summed E-state index contributed by atoms with van der Waals surface area (Å²) < 4.78 is 15.3. The molecule has 0 aliphatic carbocycles. The molecule has 2 heterocycles. The maximum atomic E-state index is 13.7. The maximum Gasteiger partial charge on any atom is 0.183 e. The van der Waals surface area contributed by atoms with Crippen LogP contribution in [0.1, 0.15) is 43.5 Å². The second-order valence-corrected chi connectivity index (χ2v) is 6.19. The molecule has 0 aliphatic rings. The molecular formula is C19H21FN4. The fourth-order valence-electron chi connectivity index (χ4n) is 2.76. The molecule has 0 N–H and O–H groups in total. The zero-order valence-electron chi connectivity index (χ0n) is 14.4. The summed E-state index contributed by atoms with van der Waals surface area (Å²) in [4.78, 5) is 4.57. The number of aryl methyl sites for hydroxylation is 2. The molecule has 0 bridgehead atoms. The Balaban J connectivity index is 2.16. The standard InChI is InChI=1S/C19H21FN4/c1-5-14-8-6-7-13(4)18(14)22-23-19-17(12(2)3)21-16-10-9-15(20)11-24(16)19/h6-12H,5H2,1-4H3. The fourth-order valence-corrected chi connectivity index (χ4v) is 2.76. The van der Waals surface area contributed by atoms with Crippen molar-refractivity contribution in [3.05, 3.63) is 59.2 Å². The Morgan fingerprint density at radius 1 is 1.17 bits per heavy atom. The summed E-state index contributed by atoms with van der Waals surface area (Å²) in [5.41, 5.74) is 4.58. The Morgan fingerprint density at radius 3 is 2.67 bits per heavy atom. The molecule has 3 aromatic rings. The van der Waals surface area contributed by atoms with Gasteiger partial charge in [-0.05, 0) is 42.5 Å². The first kappa shape index (κ1) is 16.3. The number of halogens is 1. The molecule has 0 amide bonds. The summed E-state index contributed by atoms with van der Waals surface area (Å²) in [6.07, 6.45) is 2.29. The zero-order chi connectivity index (χ0) is 17.3. The van der Waals surface area contributed by atoms with Gasteiger partial charge in [0.1, 0.15) is 11.5 Å². The third kappa shape index (κ3) is 2.94. The second kappa shape index (κ2) is 6.51. The SMILES string of the molecule is CCc1cccc(C)c1N=Nc1c(C(C)C)nc2ccc(F)cn12. The van der Waals surface area contributed by atoms with Crippen molar-refractivity contribution in [1.82, 2.24) is 9.38 Å². The highest BCUT2D eigenvalue weighted by molar-refractivity contribution is 5.55. The monoisotopic (exact) mass is 324 g/mol. The van der Waals surface area contributed by atoms with Gasteiger partial charge in [0.05, 0.1) is 11.4 Å². The van der Waals surface area contributed by atoms with E-state index in [0.29, 0.717) is 11.5 Å². The molecule has 0 spiro atoms. The lowest BCUT2D eigenvalue weighted by molar-refractivity contribution is 0.619. The van der Waals surface area contributed by atoms with E-state index in [0.717, 1.165) is 28.9 Å². The molecule has 5 heteroatoms. The minimum atomic E-state index is -0.322. The summed E-state index contributed by atoms with van der Waals surface area (Å²) in [5, 5.41) is 8.94. The minimum absolute atomic E-state index is 0.171. The lowest BCUT2D eigenvalue weighted by Gasteiger charge is -2.06. The van der Waals surface area contributed by atoms with Crippen LogP contribution in [0, 0.1) is 12.7 Å². The molecule has 0 saturated carbocycles. The molecule has 0 aliphatic heterocycles. The maximum absolute atomic E-state index is 13.7. The molecule has 1 aromatic carbocycles. The third-order valence-electron chi connectivity index (χ3n) is 4.08. The molecular weight excluding hydrogens is 303 g/mol. The molecule has 4 nitrogen and oxygen atoms in total. The van der Waals surface area contributed by atoms with Gasteiger partial charge in [0, 0.05) is 6.20 Å². The minimum Gasteiger partial charge on any atom is -0.280 e. The van der Waals surface area contributed by atoms with Gasteiger partial charge in [-0.1, -0.05) is 39.0 Å². The Kier molecular flexibility index (Phi) is 4.42. The van der Waals surface area contributed by atoms with Crippen molar-refractivity contribution in [3.8, 4) is 0 Å². The third-order valence-corrected chi connectivity index (χ3v) is 4.08. The Bertz CT molecular complexity index is 909. The van der Waals surface area contributed by atoms with E-state index < -0.39 is 0 Å². The van der Waals surface area contributed by atoms with Crippen molar-refractivity contribution < 1.29 is 4.39 Å². The van der Waals surface area contributed by atoms with Gasteiger partial charge >= 0.3 is 0 Å². The highest BCUT2D eigenvalue weighted by Gasteiger charge is 2.16. The van der Waals surface area contributed by atoms with E-state index in [1.165, 1.54) is 12.3 Å². The van der Waals surface area contributed by atoms with Crippen molar-refractivity contribution in [3.63, 3.8) is 0 Å². The van der Waals surface area contributed by atoms with Crippen molar-refractivity contribution in [2.24, 2.45) is 10.2 Å². The molecule has 3 rings (SSSR count). The number of hydrogen-bond donors (Lipinski definition) is 0. The number of azo groups is 1. The molecule has 24 heavy (non-hydrogen) atoms. The summed E-state index contributed by atoms with van der Waals surface area (Å²) in [5.74, 6) is 0.436. The number of hydrogen-bond acceptors (Lipinski definition) is 3. The van der Waals surface area contributed by atoms with Crippen molar-refractivity contribution in [1.29, 1.82) is 0 Å². The van der Waals surface area contributed by atoms with E-state index in [2.05, 4.69) is 28.2 Å². The van der Waals surface area contributed by atoms with Crippen LogP contribution in [-0.2, 0) is 6.42 Å². The van der Waals surface area contributed by atoms with Crippen molar-refractivity contribution in [2.75, 3.05) is 0 Å². The van der Waals surface area contributed by atoms with E-state index in [9.17, 15) is 4.39 Å². The van der Waals surface area contributed by atoms with Crippen molar-refractivity contribution in [2.45, 2.75) is 40.0 Å². The van der Waals surface area contributed by atoms with Crippen LogP contribution in [-0.4, -0.2) is 9.38 Å². The van der Waals surface area contributed by atoms with Crippen LogP contribution in [0.3, 0.4) is 0 Å². The van der Waals surface area contributed by atoms with E-state index >= 15 is 0 Å². The average Bonchev–Trinajstić information content (AvgIpc) is 2.91. The van der Waals surface area contributed by atoms with Crippen LogP contribution in [0.4, 0.5) is 15.9 Å². The molecule has 0 atom stereocenters. The van der Waals surface area contributed by atoms with E-state index in [1.807, 2.05) is 32.9 Å². The lowest BCUT2D eigenvalue weighted by atomic mass is 10.1. The first-order valence-corrected chi connectivity index (χ1v) is 8.19. The summed E-state index contributed by atoms with van der Waals surface area (Å²) in [7, 11) is 0. The number of rotatable bonds is 4. The van der Waals surface area contributed by atoms with Crippen LogP contribution >= 0.6 is 0 Å². The zero-order valence-corrected chi connectivity index (χ0v) is 14.4. The average molecular weight is 324 g/mol. The quantitative estimate of drug-likeness (QED) is 0.552. The fraction of sp³-hybridized carbons (Fsp3) is 0.316. The Morgan fingerprint density at radius 2 is 1.96 bits per heavy atom. The summed E-state index contributed by atoms with van der Waals surface area (Å²) in [6.45, 7) is 8.20. The normalized spacial score (nSPS) is 11.9. The Hall–Kier alpha value is -2.56. The summed E-state index contributed by atoms with van der Waals surface area (Å²) >= 11 is 0. The van der Waals surface area contributed by atoms with Gasteiger partial charge < -0.3 is 0 Å². The largest absolute Gasteiger partial charge is 0.280 e. The predicted molar refractivity (Wildman–Crippen MR) is 94.0 cm³/mol. The molecule has 0 unspecified atom stereocenters. The molecule has 124 valence electrons.